The summed E-state index contributed by atoms with van der Waals surface area (Å²) in [6.45, 7) is 4.20. The van der Waals surface area contributed by atoms with Gasteiger partial charge in [-0.2, -0.15) is 4.31 Å². The molecule has 2 atom stereocenters. The van der Waals surface area contributed by atoms with Gasteiger partial charge in [-0.05, 0) is 50.2 Å². The van der Waals surface area contributed by atoms with Crippen molar-refractivity contribution >= 4 is 27.6 Å². The number of sulfonamides is 1. The number of nitrogens with zero attached hydrogens (tertiary/aromatic N) is 1. The zero-order valence-electron chi connectivity index (χ0n) is 15.0. The molecule has 2 aromatic rings. The van der Waals surface area contributed by atoms with E-state index in [1.54, 1.807) is 18.2 Å². The first kappa shape index (κ1) is 19.8. The molecule has 2 aromatic carbocycles. The molecule has 0 N–H and O–H groups in total. The minimum Gasteiger partial charge on any atom is -0.423 e. The first-order chi connectivity index (χ1) is 12.8. The van der Waals surface area contributed by atoms with Crippen LogP contribution in [0.5, 0.6) is 5.75 Å². The molecule has 1 aliphatic rings. The zero-order valence-corrected chi connectivity index (χ0v) is 16.5. The number of rotatable bonds is 4. The molecular weight excluding hydrogens is 390 g/mol. The minimum atomic E-state index is -3.74. The van der Waals surface area contributed by atoms with E-state index >= 15 is 0 Å². The lowest BCUT2D eigenvalue weighted by Crippen LogP contribution is -2.48. The molecule has 0 spiro atoms. The molecule has 1 heterocycles. The first-order valence-electron chi connectivity index (χ1n) is 8.49. The molecule has 0 amide bonds. The van der Waals surface area contributed by atoms with E-state index in [1.807, 2.05) is 13.8 Å². The topological polar surface area (TPSA) is 72.9 Å². The Morgan fingerprint density at radius 2 is 1.78 bits per heavy atom. The van der Waals surface area contributed by atoms with Crippen LogP contribution < -0.4 is 4.74 Å². The molecule has 27 heavy (non-hydrogen) atoms. The summed E-state index contributed by atoms with van der Waals surface area (Å²) in [5.41, 5.74) is 0.144. The van der Waals surface area contributed by atoms with Crippen LogP contribution >= 0.6 is 11.6 Å². The molecule has 0 unspecified atom stereocenters. The Balaban J connectivity index is 1.83. The van der Waals surface area contributed by atoms with Crippen LogP contribution in [-0.2, 0) is 14.8 Å². The van der Waals surface area contributed by atoms with Crippen LogP contribution in [0, 0.1) is 0 Å². The zero-order chi connectivity index (χ0) is 19.6. The summed E-state index contributed by atoms with van der Waals surface area (Å²) in [6.07, 6.45) is -0.390. The van der Waals surface area contributed by atoms with Gasteiger partial charge in [0.25, 0.3) is 0 Å². The summed E-state index contributed by atoms with van der Waals surface area (Å²) in [5, 5.41) is 0.437. The maximum Gasteiger partial charge on any atom is 0.343 e. The Hall–Kier alpha value is -1.93. The summed E-state index contributed by atoms with van der Waals surface area (Å²) in [6, 6.07) is 12.3. The molecule has 0 aromatic heterocycles. The molecule has 1 aliphatic heterocycles. The first-order valence-corrected chi connectivity index (χ1v) is 10.3. The van der Waals surface area contributed by atoms with Crippen LogP contribution in [0.3, 0.4) is 0 Å². The second kappa shape index (κ2) is 7.98. The van der Waals surface area contributed by atoms with Crippen molar-refractivity contribution in [3.05, 3.63) is 59.1 Å². The lowest BCUT2D eigenvalue weighted by atomic mass is 10.2. The molecule has 0 aliphatic carbocycles. The van der Waals surface area contributed by atoms with Gasteiger partial charge in [0.1, 0.15) is 5.75 Å². The summed E-state index contributed by atoms with van der Waals surface area (Å²) >= 11 is 5.88. The fourth-order valence-electron chi connectivity index (χ4n) is 2.96. The third-order valence-corrected chi connectivity index (χ3v) is 6.16. The average Bonchev–Trinajstić information content (AvgIpc) is 2.61. The van der Waals surface area contributed by atoms with Crippen LogP contribution in [0.4, 0.5) is 0 Å². The quantitative estimate of drug-likeness (QED) is 0.572. The number of hydrogen-bond donors (Lipinski definition) is 0. The molecule has 0 radical (unpaired) electrons. The van der Waals surface area contributed by atoms with Crippen LogP contribution in [0.2, 0.25) is 5.02 Å². The van der Waals surface area contributed by atoms with E-state index in [-0.39, 0.29) is 41.5 Å². The van der Waals surface area contributed by atoms with E-state index in [9.17, 15) is 13.2 Å². The molecule has 3 rings (SSSR count). The Bertz CT molecular complexity index is 937. The van der Waals surface area contributed by atoms with Gasteiger partial charge in [0.15, 0.2) is 0 Å². The van der Waals surface area contributed by atoms with Crippen molar-refractivity contribution in [1.82, 2.24) is 4.31 Å². The van der Waals surface area contributed by atoms with Gasteiger partial charge in [-0.25, -0.2) is 13.2 Å². The Labute approximate surface area is 163 Å². The largest absolute Gasteiger partial charge is 0.423 e. The fraction of sp³-hybridized carbons (Fsp3) is 0.316. The van der Waals surface area contributed by atoms with Crippen molar-refractivity contribution in [2.75, 3.05) is 13.1 Å². The highest BCUT2D eigenvalue weighted by Crippen LogP contribution is 2.23. The van der Waals surface area contributed by atoms with E-state index < -0.39 is 16.0 Å². The summed E-state index contributed by atoms with van der Waals surface area (Å²) < 4.78 is 38.2. The number of halogens is 1. The number of morpholine rings is 1. The Morgan fingerprint density at radius 3 is 2.44 bits per heavy atom. The number of carbonyl (C=O) groups excluding carboxylic acids is 1. The molecule has 0 saturated carbocycles. The van der Waals surface area contributed by atoms with E-state index in [1.165, 1.54) is 34.6 Å². The van der Waals surface area contributed by atoms with Crippen molar-refractivity contribution in [1.29, 1.82) is 0 Å². The molecular formula is C19H20ClNO5S. The third-order valence-electron chi connectivity index (χ3n) is 4.10. The highest BCUT2D eigenvalue weighted by molar-refractivity contribution is 7.89. The van der Waals surface area contributed by atoms with Gasteiger partial charge >= 0.3 is 5.97 Å². The lowest BCUT2D eigenvalue weighted by Gasteiger charge is -2.34. The van der Waals surface area contributed by atoms with E-state index in [2.05, 4.69) is 0 Å². The van der Waals surface area contributed by atoms with Crippen molar-refractivity contribution in [2.24, 2.45) is 0 Å². The standard InChI is InChI=1S/C19H20ClNO5S/c1-13-11-21(12-14(2)25-13)27(23,24)18-8-3-5-15(9-18)19(22)26-17-7-4-6-16(20)10-17/h3-10,13-14H,11-12H2,1-2H3/t13-,14-/m1/s1. The predicted molar refractivity (Wildman–Crippen MR) is 102 cm³/mol. The van der Waals surface area contributed by atoms with Crippen LogP contribution in [0.25, 0.3) is 0 Å². The van der Waals surface area contributed by atoms with Crippen molar-refractivity contribution in [2.45, 2.75) is 31.0 Å². The summed E-state index contributed by atoms with van der Waals surface area (Å²) in [5.74, 6) is -0.366. The van der Waals surface area contributed by atoms with E-state index in [4.69, 9.17) is 21.1 Å². The Kier molecular flexibility index (Phi) is 5.86. The SMILES string of the molecule is C[C@@H]1CN(S(=O)(=O)c2cccc(C(=O)Oc3cccc(Cl)c3)c2)C[C@@H](C)O1. The van der Waals surface area contributed by atoms with Gasteiger partial charge in [0, 0.05) is 18.1 Å². The molecule has 8 heteroatoms. The van der Waals surface area contributed by atoms with Crippen LogP contribution in [0.15, 0.2) is 53.4 Å². The summed E-state index contributed by atoms with van der Waals surface area (Å²) in [4.78, 5) is 12.4. The van der Waals surface area contributed by atoms with Crippen molar-refractivity contribution < 1.29 is 22.7 Å². The van der Waals surface area contributed by atoms with Crippen molar-refractivity contribution in [3.8, 4) is 5.75 Å². The molecule has 0 bridgehead atoms. The second-order valence-electron chi connectivity index (χ2n) is 6.45. The second-order valence-corrected chi connectivity index (χ2v) is 8.83. The maximum absolute atomic E-state index is 13.0. The van der Waals surface area contributed by atoms with Gasteiger partial charge in [0.2, 0.25) is 10.0 Å². The third kappa shape index (κ3) is 4.68. The maximum atomic E-state index is 13.0. The number of ether oxygens (including phenoxy) is 2. The lowest BCUT2D eigenvalue weighted by molar-refractivity contribution is -0.0440. The average molecular weight is 410 g/mol. The number of benzene rings is 2. The normalized spacial score (nSPS) is 21.0. The monoisotopic (exact) mass is 409 g/mol. The highest BCUT2D eigenvalue weighted by atomic mass is 35.5. The number of carbonyl (C=O) groups is 1. The minimum absolute atomic E-state index is 0.0457. The van der Waals surface area contributed by atoms with Crippen molar-refractivity contribution in [3.63, 3.8) is 0 Å². The van der Waals surface area contributed by atoms with E-state index in [0.717, 1.165) is 0 Å². The van der Waals surface area contributed by atoms with Crippen LogP contribution in [0.1, 0.15) is 24.2 Å². The van der Waals surface area contributed by atoms with Gasteiger partial charge in [-0.15, -0.1) is 0 Å². The number of esters is 1. The molecule has 1 fully saturated rings. The highest BCUT2D eigenvalue weighted by Gasteiger charge is 2.32. The number of hydrogen-bond acceptors (Lipinski definition) is 5. The van der Waals surface area contributed by atoms with Gasteiger partial charge in [-0.3, -0.25) is 0 Å². The predicted octanol–water partition coefficient (Wildman–Crippen LogP) is 3.36. The molecule has 1 saturated heterocycles. The van der Waals surface area contributed by atoms with Crippen LogP contribution in [-0.4, -0.2) is 44.0 Å². The van der Waals surface area contributed by atoms with Gasteiger partial charge in [-0.1, -0.05) is 23.7 Å². The smallest absolute Gasteiger partial charge is 0.343 e. The summed E-state index contributed by atoms with van der Waals surface area (Å²) in [7, 11) is -3.74. The van der Waals surface area contributed by atoms with Gasteiger partial charge < -0.3 is 9.47 Å². The molecule has 6 nitrogen and oxygen atoms in total. The fourth-order valence-corrected chi connectivity index (χ4v) is 4.77. The molecule has 144 valence electrons. The Morgan fingerprint density at radius 1 is 1.11 bits per heavy atom. The van der Waals surface area contributed by atoms with Gasteiger partial charge in [0.05, 0.1) is 22.7 Å². The van der Waals surface area contributed by atoms with E-state index in [0.29, 0.717) is 5.02 Å².